The van der Waals surface area contributed by atoms with Crippen LogP contribution in [-0.4, -0.2) is 18.0 Å². The maximum atomic E-state index is 11.1. The number of methoxy groups -OCH3 is 1. The monoisotopic (exact) mass is 291 g/mol. The van der Waals surface area contributed by atoms with Crippen LogP contribution in [0.5, 0.6) is 5.75 Å². The molecule has 5 nitrogen and oxygen atoms in total. The standard InChI is InChI=1S/C14H17N3O2S/c1-9(14-15-6-7-20-14)16-11-4-5-12(17-10(2)18)13(8-11)19-3/h4-9,16H,1-3H3,(H,17,18). The summed E-state index contributed by atoms with van der Waals surface area (Å²) >= 11 is 1.61. The van der Waals surface area contributed by atoms with Crippen molar-refractivity contribution >= 4 is 28.6 Å². The molecule has 20 heavy (non-hydrogen) atoms. The van der Waals surface area contributed by atoms with Gasteiger partial charge in [-0.05, 0) is 19.1 Å². The van der Waals surface area contributed by atoms with Crippen molar-refractivity contribution in [2.75, 3.05) is 17.7 Å². The summed E-state index contributed by atoms with van der Waals surface area (Å²) in [6.45, 7) is 3.52. The summed E-state index contributed by atoms with van der Waals surface area (Å²) in [5.74, 6) is 0.497. The molecule has 1 unspecified atom stereocenters. The van der Waals surface area contributed by atoms with Crippen LogP contribution in [0.1, 0.15) is 24.9 Å². The lowest BCUT2D eigenvalue weighted by molar-refractivity contribution is -0.114. The van der Waals surface area contributed by atoms with Crippen LogP contribution in [0.15, 0.2) is 29.8 Å². The predicted octanol–water partition coefficient (Wildman–Crippen LogP) is 3.28. The Kier molecular flexibility index (Phi) is 4.57. The highest BCUT2D eigenvalue weighted by Gasteiger charge is 2.10. The van der Waals surface area contributed by atoms with Crippen molar-refractivity contribution in [3.63, 3.8) is 0 Å². The molecule has 106 valence electrons. The first-order valence-electron chi connectivity index (χ1n) is 6.21. The minimum absolute atomic E-state index is 0.117. The second kappa shape index (κ2) is 6.38. The normalized spacial score (nSPS) is 11.8. The lowest BCUT2D eigenvalue weighted by atomic mass is 10.2. The first-order chi connectivity index (χ1) is 9.60. The van der Waals surface area contributed by atoms with Gasteiger partial charge in [-0.25, -0.2) is 4.98 Å². The fourth-order valence-electron chi connectivity index (χ4n) is 1.83. The molecule has 2 aromatic rings. The Balaban J connectivity index is 2.15. The van der Waals surface area contributed by atoms with E-state index in [0.717, 1.165) is 10.7 Å². The molecule has 1 atom stereocenters. The van der Waals surface area contributed by atoms with Crippen LogP contribution >= 0.6 is 11.3 Å². The van der Waals surface area contributed by atoms with Crippen molar-refractivity contribution in [3.8, 4) is 5.75 Å². The number of aromatic nitrogens is 1. The largest absolute Gasteiger partial charge is 0.494 e. The fourth-order valence-corrected chi connectivity index (χ4v) is 2.48. The average Bonchev–Trinajstić information content (AvgIpc) is 2.94. The van der Waals surface area contributed by atoms with Crippen molar-refractivity contribution < 1.29 is 9.53 Å². The van der Waals surface area contributed by atoms with Gasteiger partial charge in [-0.15, -0.1) is 11.3 Å². The number of thiazole rings is 1. The van der Waals surface area contributed by atoms with E-state index < -0.39 is 0 Å². The highest BCUT2D eigenvalue weighted by molar-refractivity contribution is 7.09. The molecule has 0 bridgehead atoms. The van der Waals surface area contributed by atoms with Gasteiger partial charge in [0.05, 0.1) is 18.8 Å². The number of carbonyl (C=O) groups is 1. The lowest BCUT2D eigenvalue weighted by Gasteiger charge is -2.15. The number of nitrogens with zero attached hydrogens (tertiary/aromatic N) is 1. The van der Waals surface area contributed by atoms with Gasteiger partial charge in [0.2, 0.25) is 5.91 Å². The second-order valence-corrected chi connectivity index (χ2v) is 5.26. The predicted molar refractivity (Wildman–Crippen MR) is 81.4 cm³/mol. The van der Waals surface area contributed by atoms with Crippen molar-refractivity contribution in [1.29, 1.82) is 0 Å². The van der Waals surface area contributed by atoms with Gasteiger partial charge in [0.15, 0.2) is 0 Å². The molecule has 1 heterocycles. The van der Waals surface area contributed by atoms with Crippen LogP contribution in [0.2, 0.25) is 0 Å². The van der Waals surface area contributed by atoms with E-state index in [2.05, 4.69) is 15.6 Å². The van der Waals surface area contributed by atoms with Crippen molar-refractivity contribution in [1.82, 2.24) is 4.98 Å². The Morgan fingerprint density at radius 2 is 2.25 bits per heavy atom. The summed E-state index contributed by atoms with van der Waals surface area (Å²) in [6.07, 6.45) is 1.79. The smallest absolute Gasteiger partial charge is 0.221 e. The van der Waals surface area contributed by atoms with Gasteiger partial charge < -0.3 is 15.4 Å². The van der Waals surface area contributed by atoms with E-state index in [0.29, 0.717) is 11.4 Å². The summed E-state index contributed by atoms with van der Waals surface area (Å²) in [5.41, 5.74) is 1.58. The van der Waals surface area contributed by atoms with Gasteiger partial charge >= 0.3 is 0 Å². The zero-order valence-electron chi connectivity index (χ0n) is 11.6. The number of ether oxygens (including phenoxy) is 1. The molecule has 0 aliphatic rings. The second-order valence-electron chi connectivity index (χ2n) is 4.33. The molecule has 0 aliphatic heterocycles. The highest BCUT2D eigenvalue weighted by atomic mass is 32.1. The van der Waals surface area contributed by atoms with Gasteiger partial charge in [0, 0.05) is 30.3 Å². The third kappa shape index (κ3) is 3.48. The van der Waals surface area contributed by atoms with E-state index >= 15 is 0 Å². The number of nitrogens with one attached hydrogen (secondary N) is 2. The molecule has 0 saturated carbocycles. The number of hydrogen-bond donors (Lipinski definition) is 2. The van der Waals surface area contributed by atoms with Crippen LogP contribution < -0.4 is 15.4 Å². The molecule has 1 aromatic heterocycles. The summed E-state index contributed by atoms with van der Waals surface area (Å²) in [4.78, 5) is 15.4. The maximum Gasteiger partial charge on any atom is 0.221 e. The van der Waals surface area contributed by atoms with Gasteiger partial charge in [-0.1, -0.05) is 0 Å². The minimum atomic E-state index is -0.125. The molecule has 1 aromatic carbocycles. The van der Waals surface area contributed by atoms with Gasteiger partial charge in [-0.3, -0.25) is 4.79 Å². The quantitative estimate of drug-likeness (QED) is 0.887. The average molecular weight is 291 g/mol. The van der Waals surface area contributed by atoms with Crippen molar-refractivity contribution in [2.24, 2.45) is 0 Å². The Labute approximate surface area is 122 Å². The van der Waals surface area contributed by atoms with Gasteiger partial charge in [0.1, 0.15) is 10.8 Å². The Morgan fingerprint density at radius 1 is 1.45 bits per heavy atom. The molecular formula is C14H17N3O2S. The molecular weight excluding hydrogens is 274 g/mol. The molecule has 2 rings (SSSR count). The maximum absolute atomic E-state index is 11.1. The molecule has 1 amide bonds. The van der Waals surface area contributed by atoms with Crippen LogP contribution in [0.4, 0.5) is 11.4 Å². The molecule has 0 saturated heterocycles. The van der Waals surface area contributed by atoms with E-state index in [4.69, 9.17) is 4.74 Å². The van der Waals surface area contributed by atoms with E-state index in [9.17, 15) is 4.79 Å². The van der Waals surface area contributed by atoms with Gasteiger partial charge in [0.25, 0.3) is 0 Å². The van der Waals surface area contributed by atoms with Crippen molar-refractivity contribution in [2.45, 2.75) is 19.9 Å². The Morgan fingerprint density at radius 3 is 2.85 bits per heavy atom. The number of anilines is 2. The zero-order chi connectivity index (χ0) is 14.5. The molecule has 0 radical (unpaired) electrons. The highest BCUT2D eigenvalue weighted by Crippen LogP contribution is 2.30. The van der Waals surface area contributed by atoms with Crippen molar-refractivity contribution in [3.05, 3.63) is 34.8 Å². The first kappa shape index (κ1) is 14.3. The van der Waals surface area contributed by atoms with Gasteiger partial charge in [-0.2, -0.15) is 0 Å². The topological polar surface area (TPSA) is 63.2 Å². The number of benzene rings is 1. The van der Waals surface area contributed by atoms with Crippen LogP contribution in [0.25, 0.3) is 0 Å². The van der Waals surface area contributed by atoms with E-state index in [1.54, 1.807) is 24.6 Å². The summed E-state index contributed by atoms with van der Waals surface area (Å²) < 4.78 is 5.29. The minimum Gasteiger partial charge on any atom is -0.494 e. The summed E-state index contributed by atoms with van der Waals surface area (Å²) in [6, 6.07) is 5.69. The van der Waals surface area contributed by atoms with E-state index in [1.165, 1.54) is 6.92 Å². The lowest BCUT2D eigenvalue weighted by Crippen LogP contribution is -2.09. The molecule has 0 fully saturated rings. The summed E-state index contributed by atoms with van der Waals surface area (Å²) in [7, 11) is 1.58. The first-order valence-corrected chi connectivity index (χ1v) is 7.09. The Hall–Kier alpha value is -2.08. The third-order valence-electron chi connectivity index (χ3n) is 2.72. The van der Waals surface area contributed by atoms with Crippen LogP contribution in [0, 0.1) is 0 Å². The molecule has 0 aliphatic carbocycles. The number of rotatable bonds is 5. The van der Waals surface area contributed by atoms with E-state index in [1.807, 2.05) is 30.5 Å². The third-order valence-corrected chi connectivity index (χ3v) is 3.68. The van der Waals surface area contributed by atoms with E-state index in [-0.39, 0.29) is 11.9 Å². The SMILES string of the molecule is COc1cc(NC(C)c2nccs2)ccc1NC(C)=O. The van der Waals surface area contributed by atoms with Crippen LogP contribution in [0.3, 0.4) is 0 Å². The number of carbonyl (C=O) groups excluding carboxylic acids is 1. The zero-order valence-corrected chi connectivity index (χ0v) is 12.5. The number of amides is 1. The fraction of sp³-hybridized carbons (Fsp3) is 0.286. The van der Waals surface area contributed by atoms with Crippen LogP contribution in [-0.2, 0) is 4.79 Å². The summed E-state index contributed by atoms with van der Waals surface area (Å²) in [5, 5.41) is 9.06. The Bertz CT molecular complexity index is 584. The molecule has 2 N–H and O–H groups in total. The molecule has 0 spiro atoms. The number of hydrogen-bond acceptors (Lipinski definition) is 5. The molecule has 6 heteroatoms.